The Morgan fingerprint density at radius 2 is 1.89 bits per heavy atom. The molecule has 0 amide bonds. The molecule has 1 heterocycles. The van der Waals surface area contributed by atoms with Crippen LogP contribution in [0.3, 0.4) is 0 Å². The minimum absolute atomic E-state index is 0.150. The second-order valence-electron chi connectivity index (χ2n) is 5.77. The van der Waals surface area contributed by atoms with Crippen molar-refractivity contribution in [1.82, 2.24) is 4.98 Å². The lowest BCUT2D eigenvalue weighted by molar-refractivity contribution is -0.385. The summed E-state index contributed by atoms with van der Waals surface area (Å²) in [6, 6.07) is 18.2. The molecule has 0 N–H and O–H groups in total. The highest BCUT2D eigenvalue weighted by Gasteiger charge is 2.08. The fraction of sp³-hybridized carbons (Fsp3) is 0. The number of non-ortho nitro benzene ring substituents is 1. The first-order valence-corrected chi connectivity index (χ1v) is 8.06. The van der Waals surface area contributed by atoms with Crippen LogP contribution in [0, 0.1) is 10.1 Å². The van der Waals surface area contributed by atoms with Gasteiger partial charge in [0.2, 0.25) is 5.89 Å². The topological polar surface area (TPSA) is 105 Å². The fourth-order valence-electron chi connectivity index (χ4n) is 2.61. The first-order valence-electron chi connectivity index (χ1n) is 8.06. The number of fused-ring (bicyclic) bond motifs is 1. The van der Waals surface area contributed by atoms with Gasteiger partial charge in [-0.05, 0) is 35.9 Å². The van der Waals surface area contributed by atoms with Crippen molar-refractivity contribution in [3.8, 4) is 17.2 Å². The van der Waals surface area contributed by atoms with E-state index in [0.717, 1.165) is 17.1 Å². The van der Waals surface area contributed by atoms with Crippen molar-refractivity contribution in [2.45, 2.75) is 0 Å². The van der Waals surface area contributed by atoms with Gasteiger partial charge in [-0.3, -0.25) is 15.1 Å². The average molecular weight is 358 g/mol. The second-order valence-corrected chi connectivity index (χ2v) is 5.77. The van der Waals surface area contributed by atoms with E-state index >= 15 is 0 Å². The second kappa shape index (κ2) is 6.72. The zero-order valence-corrected chi connectivity index (χ0v) is 13.9. The number of para-hydroxylation sites is 2. The van der Waals surface area contributed by atoms with Gasteiger partial charge < -0.3 is 9.52 Å². The van der Waals surface area contributed by atoms with Gasteiger partial charge in [0.15, 0.2) is 5.58 Å². The number of nitro benzene ring substituents is 1. The van der Waals surface area contributed by atoms with Gasteiger partial charge in [0.05, 0.1) is 10.6 Å². The molecule has 0 atom stereocenters. The summed E-state index contributed by atoms with van der Waals surface area (Å²) in [5.74, 6) is 0.132. The molecule has 1 aromatic heterocycles. The molecule has 0 fully saturated rings. The predicted octanol–water partition coefficient (Wildman–Crippen LogP) is 4.23. The highest BCUT2D eigenvalue weighted by Crippen LogP contribution is 2.27. The molecule has 4 rings (SSSR count). The number of aromatic nitrogens is 1. The number of nitrogens with zero attached hydrogens (tertiary/aromatic N) is 3. The van der Waals surface area contributed by atoms with E-state index in [1.54, 1.807) is 18.2 Å². The van der Waals surface area contributed by atoms with E-state index in [2.05, 4.69) is 9.98 Å². The van der Waals surface area contributed by atoms with E-state index in [4.69, 9.17) is 4.42 Å². The lowest BCUT2D eigenvalue weighted by Crippen LogP contribution is -1.98. The fourth-order valence-corrected chi connectivity index (χ4v) is 2.61. The third-order valence-electron chi connectivity index (χ3n) is 3.94. The van der Waals surface area contributed by atoms with Crippen LogP contribution in [0.25, 0.3) is 22.6 Å². The van der Waals surface area contributed by atoms with Crippen LogP contribution in [0.15, 0.2) is 76.1 Å². The third-order valence-corrected chi connectivity index (χ3v) is 3.94. The monoisotopic (exact) mass is 358 g/mol. The van der Waals surface area contributed by atoms with Gasteiger partial charge in [0, 0.05) is 23.9 Å². The smallest absolute Gasteiger partial charge is 0.270 e. The van der Waals surface area contributed by atoms with E-state index in [-0.39, 0.29) is 17.0 Å². The summed E-state index contributed by atoms with van der Waals surface area (Å²) in [6.45, 7) is 0. The molecule has 0 aliphatic heterocycles. The van der Waals surface area contributed by atoms with Crippen LogP contribution in [-0.2, 0) is 0 Å². The summed E-state index contributed by atoms with van der Waals surface area (Å²) < 4.78 is 5.75. The summed E-state index contributed by atoms with van der Waals surface area (Å²) in [5, 5.41) is 22.7. The van der Waals surface area contributed by atoms with Crippen molar-refractivity contribution < 1.29 is 14.4 Å². The normalized spacial score (nSPS) is 11.3. The van der Waals surface area contributed by atoms with Crippen molar-refractivity contribution in [1.29, 1.82) is 0 Å². The van der Waals surface area contributed by atoms with Gasteiger partial charge in [0.1, 0.15) is 5.52 Å². The Morgan fingerprint density at radius 1 is 1.04 bits per heavy atom. The van der Waals surface area contributed by atoms with Crippen molar-refractivity contribution in [3.05, 3.63) is 82.4 Å². The summed E-state index contributed by atoms with van der Waals surface area (Å²) in [5.41, 5.74) is 2.75. The van der Waals surface area contributed by atoms with E-state index in [1.807, 2.05) is 30.3 Å². The molecule has 0 spiro atoms. The van der Waals surface area contributed by atoms with Gasteiger partial charge in [-0.1, -0.05) is 30.0 Å². The van der Waals surface area contributed by atoms with Crippen LogP contribution in [0.1, 0.15) is 5.56 Å². The lowest BCUT2D eigenvalue weighted by atomic mass is 10.2. The molecule has 0 bridgehead atoms. The lowest BCUT2D eigenvalue weighted by Gasteiger charge is -2.08. The Bertz CT molecular complexity index is 1150. The summed E-state index contributed by atoms with van der Waals surface area (Å²) in [7, 11) is 0. The third kappa shape index (κ3) is 3.38. The van der Waals surface area contributed by atoms with Crippen LogP contribution in [0.5, 0.6) is 5.75 Å². The summed E-state index contributed by atoms with van der Waals surface area (Å²) in [6.07, 6.45) is 1.32. The van der Waals surface area contributed by atoms with E-state index in [9.17, 15) is 15.2 Å². The van der Waals surface area contributed by atoms with Gasteiger partial charge in [-0.25, -0.2) is 4.98 Å². The Hall–Kier alpha value is -4.00. The number of benzene rings is 3. The largest absolute Gasteiger partial charge is 0.872 e. The minimum Gasteiger partial charge on any atom is -0.872 e. The van der Waals surface area contributed by atoms with Gasteiger partial charge in [-0.15, -0.1) is 0 Å². The quantitative estimate of drug-likeness (QED) is 0.308. The van der Waals surface area contributed by atoms with Crippen LogP contribution >= 0.6 is 0 Å². The highest BCUT2D eigenvalue weighted by atomic mass is 16.6. The average Bonchev–Trinajstić information content (AvgIpc) is 3.12. The molecule has 0 saturated heterocycles. The van der Waals surface area contributed by atoms with Crippen LogP contribution in [0.2, 0.25) is 0 Å². The zero-order valence-electron chi connectivity index (χ0n) is 13.9. The van der Waals surface area contributed by atoms with Crippen molar-refractivity contribution in [2.24, 2.45) is 4.99 Å². The van der Waals surface area contributed by atoms with Gasteiger partial charge in [-0.2, -0.15) is 0 Å². The Balaban J connectivity index is 1.66. The molecule has 0 radical (unpaired) electrons. The Kier molecular flexibility index (Phi) is 4.10. The van der Waals surface area contributed by atoms with E-state index < -0.39 is 4.92 Å². The molecule has 0 saturated carbocycles. The summed E-state index contributed by atoms with van der Waals surface area (Å²) in [4.78, 5) is 19.0. The molecular weight excluding hydrogens is 346 g/mol. The molecule has 0 unspecified atom stereocenters. The standard InChI is InChI=1S/C20H13N3O4/c24-18-9-8-16(23(25)26)11-14(18)12-21-15-5-3-4-13(10-15)20-22-17-6-1-2-7-19(17)27-20/h1-12,24H/p-1. The van der Waals surface area contributed by atoms with Crippen molar-refractivity contribution in [2.75, 3.05) is 0 Å². The minimum atomic E-state index is -0.551. The first kappa shape index (κ1) is 16.5. The Labute approximate surface area is 153 Å². The Morgan fingerprint density at radius 3 is 2.70 bits per heavy atom. The molecule has 7 nitrogen and oxygen atoms in total. The van der Waals surface area contributed by atoms with Gasteiger partial charge in [0.25, 0.3) is 5.69 Å². The molecule has 0 aliphatic rings. The van der Waals surface area contributed by atoms with E-state index in [1.165, 1.54) is 18.3 Å². The van der Waals surface area contributed by atoms with Crippen molar-refractivity contribution >= 4 is 28.7 Å². The molecular formula is C20H12N3O4-. The van der Waals surface area contributed by atoms with Crippen LogP contribution in [0.4, 0.5) is 11.4 Å². The SMILES string of the molecule is O=[N+]([O-])c1ccc([O-])c(C=Nc2cccc(-c3nc4ccccc4o3)c2)c1. The molecule has 7 heteroatoms. The maximum atomic E-state index is 11.9. The maximum absolute atomic E-state index is 11.9. The number of aliphatic imine (C=N–C) groups is 1. The molecule has 27 heavy (non-hydrogen) atoms. The van der Waals surface area contributed by atoms with E-state index in [0.29, 0.717) is 17.2 Å². The number of nitro groups is 1. The number of hydrogen-bond acceptors (Lipinski definition) is 6. The van der Waals surface area contributed by atoms with Crippen molar-refractivity contribution in [3.63, 3.8) is 0 Å². The molecule has 3 aromatic carbocycles. The summed E-state index contributed by atoms with van der Waals surface area (Å²) >= 11 is 0. The number of oxazole rings is 1. The predicted molar refractivity (Wildman–Crippen MR) is 99.2 cm³/mol. The number of rotatable bonds is 4. The molecule has 0 aliphatic carbocycles. The zero-order chi connectivity index (χ0) is 18.8. The van der Waals surface area contributed by atoms with Gasteiger partial charge >= 0.3 is 0 Å². The molecule has 132 valence electrons. The highest BCUT2D eigenvalue weighted by molar-refractivity contribution is 5.86. The van der Waals surface area contributed by atoms with Crippen LogP contribution in [-0.4, -0.2) is 16.1 Å². The molecule has 4 aromatic rings. The first-order chi connectivity index (χ1) is 13.1. The number of hydrogen-bond donors (Lipinski definition) is 0. The maximum Gasteiger partial charge on any atom is 0.270 e. The van der Waals surface area contributed by atoms with Crippen LogP contribution < -0.4 is 5.11 Å².